The summed E-state index contributed by atoms with van der Waals surface area (Å²) >= 11 is 0. The Kier molecular flexibility index (Phi) is 4.66. The maximum Gasteiger partial charge on any atom is 0.161 e. The van der Waals surface area contributed by atoms with E-state index >= 15 is 0 Å². The summed E-state index contributed by atoms with van der Waals surface area (Å²) in [5.41, 5.74) is 7.36. The smallest absolute Gasteiger partial charge is 0.161 e. The molecule has 2 atom stereocenters. The normalized spacial score (nSPS) is 17.3. The quantitative estimate of drug-likeness (QED) is 0.888. The molecule has 106 valence electrons. The molecule has 1 aromatic carbocycles. The van der Waals surface area contributed by atoms with Crippen molar-refractivity contribution >= 4 is 0 Å². The van der Waals surface area contributed by atoms with E-state index < -0.39 is 0 Å². The van der Waals surface area contributed by atoms with Gasteiger partial charge in [-0.3, -0.25) is 0 Å². The van der Waals surface area contributed by atoms with Crippen LogP contribution < -0.4 is 15.2 Å². The van der Waals surface area contributed by atoms with Crippen LogP contribution in [0.1, 0.15) is 32.4 Å². The molecule has 0 aliphatic carbocycles. The van der Waals surface area contributed by atoms with E-state index in [1.54, 1.807) is 0 Å². The van der Waals surface area contributed by atoms with Crippen LogP contribution in [0.5, 0.6) is 11.5 Å². The molecule has 1 aliphatic rings. The first-order chi connectivity index (χ1) is 9.13. The minimum absolute atomic E-state index is 0.00700. The second-order valence-corrected chi connectivity index (χ2v) is 5.09. The van der Waals surface area contributed by atoms with E-state index in [1.807, 2.05) is 25.1 Å². The Morgan fingerprint density at radius 1 is 1.21 bits per heavy atom. The van der Waals surface area contributed by atoms with Gasteiger partial charge < -0.3 is 19.9 Å². The van der Waals surface area contributed by atoms with Crippen molar-refractivity contribution in [2.45, 2.75) is 32.9 Å². The van der Waals surface area contributed by atoms with Crippen LogP contribution in [-0.2, 0) is 4.74 Å². The Bertz CT molecular complexity index is 420. The van der Waals surface area contributed by atoms with Gasteiger partial charge in [0.15, 0.2) is 11.5 Å². The topological polar surface area (TPSA) is 53.7 Å². The van der Waals surface area contributed by atoms with Crippen molar-refractivity contribution in [2.75, 3.05) is 19.8 Å². The lowest BCUT2D eigenvalue weighted by molar-refractivity contribution is 0.0120. The molecule has 0 amide bonds. The number of nitrogens with two attached hydrogens (primary N) is 1. The fourth-order valence-electron chi connectivity index (χ4n) is 2.36. The zero-order valence-corrected chi connectivity index (χ0v) is 11.9. The van der Waals surface area contributed by atoms with Crippen molar-refractivity contribution in [1.82, 2.24) is 0 Å². The monoisotopic (exact) mass is 265 g/mol. The van der Waals surface area contributed by atoms with Crippen LogP contribution in [0.4, 0.5) is 0 Å². The van der Waals surface area contributed by atoms with E-state index in [2.05, 4.69) is 13.8 Å². The standard InChI is InChI=1S/C15H23NO3/c1-4-17-15(10(2)3)14(16)11-5-6-12-13(9-11)19-8-7-18-12/h5-6,9-10,14-15H,4,7-8,16H2,1-3H3. The molecular formula is C15H23NO3. The van der Waals surface area contributed by atoms with Crippen LogP contribution in [0.2, 0.25) is 0 Å². The SMILES string of the molecule is CCOC(C(C)C)C(N)c1ccc2c(c1)OCCO2. The zero-order chi connectivity index (χ0) is 13.8. The van der Waals surface area contributed by atoms with Crippen molar-refractivity contribution in [3.8, 4) is 11.5 Å². The molecule has 2 N–H and O–H groups in total. The van der Waals surface area contributed by atoms with Gasteiger partial charge in [0.2, 0.25) is 0 Å². The van der Waals surface area contributed by atoms with Crippen molar-refractivity contribution in [3.63, 3.8) is 0 Å². The maximum atomic E-state index is 6.34. The van der Waals surface area contributed by atoms with E-state index in [0.717, 1.165) is 17.1 Å². The first-order valence-corrected chi connectivity index (χ1v) is 6.90. The van der Waals surface area contributed by atoms with Gasteiger partial charge in [-0.05, 0) is 30.5 Å². The van der Waals surface area contributed by atoms with Crippen LogP contribution in [-0.4, -0.2) is 25.9 Å². The molecular weight excluding hydrogens is 242 g/mol. The van der Waals surface area contributed by atoms with E-state index in [0.29, 0.717) is 25.7 Å². The number of rotatable bonds is 5. The summed E-state index contributed by atoms with van der Waals surface area (Å²) in [4.78, 5) is 0. The van der Waals surface area contributed by atoms with E-state index in [1.165, 1.54) is 0 Å². The predicted octanol–water partition coefficient (Wildman–Crippen LogP) is 2.52. The lowest BCUT2D eigenvalue weighted by Crippen LogP contribution is -2.33. The molecule has 4 nitrogen and oxygen atoms in total. The summed E-state index contributed by atoms with van der Waals surface area (Å²) in [5, 5.41) is 0. The van der Waals surface area contributed by atoms with Gasteiger partial charge >= 0.3 is 0 Å². The van der Waals surface area contributed by atoms with E-state index in [-0.39, 0.29) is 12.1 Å². The summed E-state index contributed by atoms with van der Waals surface area (Å²) < 4.78 is 16.9. The van der Waals surface area contributed by atoms with Gasteiger partial charge in [0.1, 0.15) is 13.2 Å². The number of benzene rings is 1. The largest absolute Gasteiger partial charge is 0.486 e. The Balaban J connectivity index is 2.20. The van der Waals surface area contributed by atoms with Crippen molar-refractivity contribution in [3.05, 3.63) is 23.8 Å². The molecule has 0 saturated carbocycles. The van der Waals surface area contributed by atoms with E-state index in [4.69, 9.17) is 19.9 Å². The van der Waals surface area contributed by atoms with Gasteiger partial charge in [-0.25, -0.2) is 0 Å². The lowest BCUT2D eigenvalue weighted by atomic mass is 9.94. The number of fused-ring (bicyclic) bond motifs is 1. The van der Waals surface area contributed by atoms with Gasteiger partial charge in [-0.2, -0.15) is 0 Å². The molecule has 1 heterocycles. The summed E-state index contributed by atoms with van der Waals surface area (Å²) in [6.45, 7) is 8.10. The molecule has 0 saturated heterocycles. The summed E-state index contributed by atoms with van der Waals surface area (Å²) in [5.74, 6) is 1.93. The highest BCUT2D eigenvalue weighted by Crippen LogP contribution is 2.34. The van der Waals surface area contributed by atoms with Crippen LogP contribution >= 0.6 is 0 Å². The molecule has 2 rings (SSSR count). The Morgan fingerprint density at radius 2 is 1.89 bits per heavy atom. The van der Waals surface area contributed by atoms with Crippen LogP contribution in [0.15, 0.2) is 18.2 Å². The highest BCUT2D eigenvalue weighted by Gasteiger charge is 2.24. The van der Waals surface area contributed by atoms with Gasteiger partial charge in [-0.15, -0.1) is 0 Å². The molecule has 0 bridgehead atoms. The van der Waals surface area contributed by atoms with Crippen LogP contribution in [0, 0.1) is 5.92 Å². The average Bonchev–Trinajstić information content (AvgIpc) is 2.43. The molecule has 4 heteroatoms. The number of ether oxygens (including phenoxy) is 3. The van der Waals surface area contributed by atoms with Gasteiger partial charge in [0, 0.05) is 6.61 Å². The first kappa shape index (κ1) is 14.2. The third-order valence-electron chi connectivity index (χ3n) is 3.32. The summed E-state index contributed by atoms with van der Waals surface area (Å²) in [6, 6.07) is 5.73. The molecule has 19 heavy (non-hydrogen) atoms. The number of hydrogen-bond donors (Lipinski definition) is 1. The van der Waals surface area contributed by atoms with Crippen LogP contribution in [0.25, 0.3) is 0 Å². The minimum atomic E-state index is -0.157. The fourth-order valence-corrected chi connectivity index (χ4v) is 2.36. The average molecular weight is 265 g/mol. The second-order valence-electron chi connectivity index (χ2n) is 5.09. The molecule has 0 fully saturated rings. The predicted molar refractivity (Wildman–Crippen MR) is 74.6 cm³/mol. The zero-order valence-electron chi connectivity index (χ0n) is 11.9. The van der Waals surface area contributed by atoms with Gasteiger partial charge in [0.25, 0.3) is 0 Å². The Labute approximate surface area is 114 Å². The highest BCUT2D eigenvalue weighted by molar-refractivity contribution is 5.44. The molecule has 1 aliphatic heterocycles. The van der Waals surface area contributed by atoms with Gasteiger partial charge in [-0.1, -0.05) is 19.9 Å². The summed E-state index contributed by atoms with van der Waals surface area (Å²) in [6.07, 6.45) is 0.00700. The van der Waals surface area contributed by atoms with Gasteiger partial charge in [0.05, 0.1) is 12.1 Å². The molecule has 0 spiro atoms. The number of hydrogen-bond acceptors (Lipinski definition) is 4. The Hall–Kier alpha value is -1.26. The highest BCUT2D eigenvalue weighted by atomic mass is 16.6. The van der Waals surface area contributed by atoms with Crippen LogP contribution in [0.3, 0.4) is 0 Å². The summed E-state index contributed by atoms with van der Waals surface area (Å²) in [7, 11) is 0. The first-order valence-electron chi connectivity index (χ1n) is 6.90. The molecule has 0 radical (unpaired) electrons. The van der Waals surface area contributed by atoms with Crippen molar-refractivity contribution in [2.24, 2.45) is 11.7 Å². The van der Waals surface area contributed by atoms with E-state index in [9.17, 15) is 0 Å². The second kappa shape index (κ2) is 6.26. The van der Waals surface area contributed by atoms with Crippen molar-refractivity contribution in [1.29, 1.82) is 0 Å². The fraction of sp³-hybridized carbons (Fsp3) is 0.600. The lowest BCUT2D eigenvalue weighted by Gasteiger charge is -2.28. The molecule has 1 aromatic rings. The molecule has 0 aromatic heterocycles. The Morgan fingerprint density at radius 3 is 2.53 bits per heavy atom. The third-order valence-corrected chi connectivity index (χ3v) is 3.32. The maximum absolute atomic E-state index is 6.34. The minimum Gasteiger partial charge on any atom is -0.486 e. The molecule has 2 unspecified atom stereocenters. The third kappa shape index (κ3) is 3.19. The van der Waals surface area contributed by atoms with Crippen molar-refractivity contribution < 1.29 is 14.2 Å².